The Morgan fingerprint density at radius 3 is 2.75 bits per heavy atom. The summed E-state index contributed by atoms with van der Waals surface area (Å²) < 4.78 is 10.9. The summed E-state index contributed by atoms with van der Waals surface area (Å²) in [6.45, 7) is 5.56. The second-order valence-corrected chi connectivity index (χ2v) is 5.07. The van der Waals surface area contributed by atoms with E-state index >= 15 is 0 Å². The number of aliphatic hydroxyl groups is 1. The average molecular weight is 276 g/mol. The molecule has 0 spiro atoms. The highest BCUT2D eigenvalue weighted by Crippen LogP contribution is 2.18. The first-order chi connectivity index (χ1) is 9.67. The van der Waals surface area contributed by atoms with Crippen molar-refractivity contribution >= 4 is 0 Å². The second kappa shape index (κ2) is 9.41. The maximum Gasteiger partial charge on any atom is 0.119 e. The molecule has 0 saturated carbocycles. The molecule has 0 aromatic heterocycles. The van der Waals surface area contributed by atoms with Gasteiger partial charge in [0.2, 0.25) is 0 Å². The van der Waals surface area contributed by atoms with Crippen molar-refractivity contribution in [3.8, 4) is 17.6 Å². The molecule has 0 aliphatic carbocycles. The lowest BCUT2D eigenvalue weighted by Crippen LogP contribution is -2.00. The van der Waals surface area contributed by atoms with E-state index in [0.29, 0.717) is 12.5 Å². The van der Waals surface area contributed by atoms with Crippen LogP contribution in [0.15, 0.2) is 18.2 Å². The maximum absolute atomic E-state index is 8.79. The predicted octanol–water partition coefficient (Wildman–Crippen LogP) is 2.99. The molecule has 0 atom stereocenters. The topological polar surface area (TPSA) is 38.7 Å². The Morgan fingerprint density at radius 2 is 2.10 bits per heavy atom. The van der Waals surface area contributed by atoms with E-state index in [0.717, 1.165) is 29.9 Å². The second-order valence-electron chi connectivity index (χ2n) is 5.07. The van der Waals surface area contributed by atoms with Crippen molar-refractivity contribution in [2.75, 3.05) is 20.3 Å². The molecule has 3 nitrogen and oxygen atoms in total. The first-order valence-corrected chi connectivity index (χ1v) is 7.01. The van der Waals surface area contributed by atoms with Gasteiger partial charge in [-0.1, -0.05) is 25.7 Å². The Kier molecular flexibility index (Phi) is 7.79. The van der Waals surface area contributed by atoms with Crippen molar-refractivity contribution in [3.05, 3.63) is 29.3 Å². The van der Waals surface area contributed by atoms with Crippen LogP contribution < -0.4 is 4.74 Å². The summed E-state index contributed by atoms with van der Waals surface area (Å²) in [4.78, 5) is 0. The zero-order chi connectivity index (χ0) is 14.8. The molecule has 0 bridgehead atoms. The van der Waals surface area contributed by atoms with E-state index in [-0.39, 0.29) is 6.61 Å². The van der Waals surface area contributed by atoms with Gasteiger partial charge in [0.15, 0.2) is 0 Å². The molecule has 110 valence electrons. The Balaban J connectivity index is 2.61. The van der Waals surface area contributed by atoms with Gasteiger partial charge in [-0.2, -0.15) is 0 Å². The van der Waals surface area contributed by atoms with Crippen molar-refractivity contribution in [3.63, 3.8) is 0 Å². The standard InChI is InChI=1S/C17H24O3/c1-14(2)6-5-11-20-13-16-12-17(19-3)9-8-15(16)7-4-10-18/h8-9,12,14,18H,5-6,10-11,13H2,1-3H3. The molecular weight excluding hydrogens is 252 g/mol. The van der Waals surface area contributed by atoms with Crippen LogP contribution in [0.4, 0.5) is 0 Å². The molecule has 0 unspecified atom stereocenters. The van der Waals surface area contributed by atoms with E-state index in [1.54, 1.807) is 7.11 Å². The summed E-state index contributed by atoms with van der Waals surface area (Å²) >= 11 is 0. The minimum Gasteiger partial charge on any atom is -0.497 e. The molecule has 1 aromatic carbocycles. The van der Waals surface area contributed by atoms with Gasteiger partial charge < -0.3 is 14.6 Å². The van der Waals surface area contributed by atoms with Gasteiger partial charge in [-0.15, -0.1) is 0 Å². The van der Waals surface area contributed by atoms with Gasteiger partial charge in [0.1, 0.15) is 12.4 Å². The van der Waals surface area contributed by atoms with Crippen molar-refractivity contribution in [2.45, 2.75) is 33.3 Å². The van der Waals surface area contributed by atoms with Crippen LogP contribution in [-0.4, -0.2) is 25.4 Å². The molecule has 0 saturated heterocycles. The highest BCUT2D eigenvalue weighted by atomic mass is 16.5. The molecule has 0 aliphatic heterocycles. The van der Waals surface area contributed by atoms with Gasteiger partial charge in [0, 0.05) is 12.2 Å². The number of ether oxygens (including phenoxy) is 2. The summed E-state index contributed by atoms with van der Waals surface area (Å²) in [7, 11) is 1.64. The summed E-state index contributed by atoms with van der Waals surface area (Å²) in [5.74, 6) is 7.11. The number of benzene rings is 1. The van der Waals surface area contributed by atoms with Crippen LogP contribution in [-0.2, 0) is 11.3 Å². The zero-order valence-electron chi connectivity index (χ0n) is 12.6. The van der Waals surface area contributed by atoms with Crippen molar-refractivity contribution < 1.29 is 14.6 Å². The molecule has 0 heterocycles. The molecule has 0 amide bonds. The predicted molar refractivity (Wildman–Crippen MR) is 80.7 cm³/mol. The maximum atomic E-state index is 8.79. The lowest BCUT2D eigenvalue weighted by atomic mass is 10.1. The third-order valence-electron chi connectivity index (χ3n) is 2.94. The van der Waals surface area contributed by atoms with Crippen molar-refractivity contribution in [1.29, 1.82) is 0 Å². The fourth-order valence-corrected chi connectivity index (χ4v) is 1.85. The lowest BCUT2D eigenvalue weighted by molar-refractivity contribution is 0.114. The molecule has 20 heavy (non-hydrogen) atoms. The Bertz CT molecular complexity index is 455. The molecule has 0 aliphatic rings. The number of methoxy groups -OCH3 is 1. The van der Waals surface area contributed by atoms with Crippen LogP contribution in [0, 0.1) is 17.8 Å². The third kappa shape index (κ3) is 6.10. The van der Waals surface area contributed by atoms with Crippen LogP contribution in [0.3, 0.4) is 0 Å². The highest BCUT2D eigenvalue weighted by molar-refractivity contribution is 5.45. The smallest absolute Gasteiger partial charge is 0.119 e. The quantitative estimate of drug-likeness (QED) is 0.614. The molecule has 1 aromatic rings. The monoisotopic (exact) mass is 276 g/mol. The summed E-state index contributed by atoms with van der Waals surface area (Å²) in [5, 5.41) is 8.79. The summed E-state index contributed by atoms with van der Waals surface area (Å²) in [5.41, 5.74) is 1.87. The van der Waals surface area contributed by atoms with E-state index in [9.17, 15) is 0 Å². The van der Waals surface area contributed by atoms with E-state index < -0.39 is 0 Å². The molecule has 0 fully saturated rings. The van der Waals surface area contributed by atoms with Crippen LogP contribution in [0.2, 0.25) is 0 Å². The van der Waals surface area contributed by atoms with E-state index in [2.05, 4.69) is 25.7 Å². The van der Waals surface area contributed by atoms with Crippen molar-refractivity contribution in [1.82, 2.24) is 0 Å². The highest BCUT2D eigenvalue weighted by Gasteiger charge is 2.03. The van der Waals surface area contributed by atoms with Gasteiger partial charge in [0.05, 0.1) is 13.7 Å². The number of hydrogen-bond acceptors (Lipinski definition) is 3. The molecule has 3 heteroatoms. The van der Waals surface area contributed by atoms with Crippen molar-refractivity contribution in [2.24, 2.45) is 5.92 Å². The number of rotatable bonds is 7. The first-order valence-electron chi connectivity index (χ1n) is 7.01. The van der Waals surface area contributed by atoms with Crippen LogP contribution in [0.5, 0.6) is 5.75 Å². The fraction of sp³-hybridized carbons (Fsp3) is 0.529. The van der Waals surface area contributed by atoms with E-state index in [1.807, 2.05) is 18.2 Å². The molecule has 0 radical (unpaired) electrons. The molecule has 1 rings (SSSR count). The Hall–Kier alpha value is -1.50. The van der Waals surface area contributed by atoms with Gasteiger partial charge in [-0.25, -0.2) is 0 Å². The van der Waals surface area contributed by atoms with Crippen LogP contribution >= 0.6 is 0 Å². The SMILES string of the molecule is COc1ccc(C#CCO)c(COCCCC(C)C)c1. The molecular formula is C17H24O3. The van der Waals surface area contributed by atoms with Gasteiger partial charge in [0.25, 0.3) is 0 Å². The minimum absolute atomic E-state index is 0.138. The van der Waals surface area contributed by atoms with E-state index in [1.165, 1.54) is 6.42 Å². The largest absolute Gasteiger partial charge is 0.497 e. The van der Waals surface area contributed by atoms with E-state index in [4.69, 9.17) is 14.6 Å². The number of hydrogen-bond donors (Lipinski definition) is 1. The van der Waals surface area contributed by atoms with Crippen LogP contribution in [0.1, 0.15) is 37.8 Å². The van der Waals surface area contributed by atoms with Gasteiger partial charge >= 0.3 is 0 Å². The third-order valence-corrected chi connectivity index (χ3v) is 2.94. The summed E-state index contributed by atoms with van der Waals surface area (Å²) in [6, 6.07) is 5.70. The molecule has 1 N–H and O–H groups in total. The summed E-state index contributed by atoms with van der Waals surface area (Å²) in [6.07, 6.45) is 2.24. The first kappa shape index (κ1) is 16.6. The fourth-order valence-electron chi connectivity index (χ4n) is 1.85. The normalized spacial score (nSPS) is 10.2. The Labute approximate surface area is 121 Å². The zero-order valence-corrected chi connectivity index (χ0v) is 12.6. The average Bonchev–Trinajstić information content (AvgIpc) is 2.45. The van der Waals surface area contributed by atoms with Crippen LogP contribution in [0.25, 0.3) is 0 Å². The van der Waals surface area contributed by atoms with Gasteiger partial charge in [-0.3, -0.25) is 0 Å². The minimum atomic E-state index is -0.138. The number of aliphatic hydroxyl groups excluding tert-OH is 1. The Morgan fingerprint density at radius 1 is 1.30 bits per heavy atom. The lowest BCUT2D eigenvalue weighted by Gasteiger charge is -2.09. The van der Waals surface area contributed by atoms with Gasteiger partial charge in [-0.05, 0) is 42.5 Å².